The van der Waals surface area contributed by atoms with Crippen LogP contribution in [0.25, 0.3) is 0 Å². The maximum Gasteiger partial charge on any atom is 0.261 e. The molecule has 0 atom stereocenters. The molecule has 2 aromatic rings. The van der Waals surface area contributed by atoms with E-state index in [-0.39, 0.29) is 11.7 Å². The van der Waals surface area contributed by atoms with Crippen LogP contribution in [-0.4, -0.2) is 15.2 Å². The van der Waals surface area contributed by atoms with E-state index >= 15 is 0 Å². The second kappa shape index (κ2) is 6.12. The second-order valence-corrected chi connectivity index (χ2v) is 7.60. The average Bonchev–Trinajstić information content (AvgIpc) is 2.94. The summed E-state index contributed by atoms with van der Waals surface area (Å²) >= 11 is 0. The number of sulfonamides is 1. The molecule has 0 aromatic heterocycles. The Morgan fingerprint density at radius 2 is 1.74 bits per heavy atom. The van der Waals surface area contributed by atoms with Crippen LogP contribution < -0.4 is 14.2 Å². The van der Waals surface area contributed by atoms with Crippen molar-refractivity contribution in [1.29, 1.82) is 0 Å². The van der Waals surface area contributed by atoms with E-state index in [2.05, 4.69) is 18.6 Å². The predicted octanol–water partition coefficient (Wildman–Crippen LogP) is 3.41. The number of ether oxygens (including phenoxy) is 2. The molecule has 6 heteroatoms. The standard InChI is InChI=1S/C17H19NO4S/c1-12(2)9-13-3-6-15(7-4-13)23(19,20)18-14-5-8-16-17(10-14)22-11-21-16/h3-8,10,12,18H,9,11H2,1-2H3. The van der Waals surface area contributed by atoms with E-state index < -0.39 is 10.0 Å². The van der Waals surface area contributed by atoms with Gasteiger partial charge in [-0.05, 0) is 42.2 Å². The third kappa shape index (κ3) is 3.59. The largest absolute Gasteiger partial charge is 0.454 e. The van der Waals surface area contributed by atoms with Gasteiger partial charge in [0.25, 0.3) is 10.0 Å². The molecule has 1 aliphatic heterocycles. The molecule has 0 bridgehead atoms. The summed E-state index contributed by atoms with van der Waals surface area (Å²) in [5.74, 6) is 1.69. The summed E-state index contributed by atoms with van der Waals surface area (Å²) in [7, 11) is -3.62. The van der Waals surface area contributed by atoms with Crippen LogP contribution in [0, 0.1) is 5.92 Å². The number of nitrogens with one attached hydrogen (secondary N) is 1. The first-order valence-electron chi connectivity index (χ1n) is 7.45. The number of rotatable bonds is 5. The van der Waals surface area contributed by atoms with Gasteiger partial charge in [-0.3, -0.25) is 4.72 Å². The lowest BCUT2D eigenvalue weighted by molar-refractivity contribution is 0.174. The second-order valence-electron chi connectivity index (χ2n) is 5.92. The highest BCUT2D eigenvalue weighted by atomic mass is 32.2. The van der Waals surface area contributed by atoms with Crippen molar-refractivity contribution in [2.75, 3.05) is 11.5 Å². The van der Waals surface area contributed by atoms with E-state index in [1.54, 1.807) is 30.3 Å². The molecule has 0 radical (unpaired) electrons. The molecule has 0 saturated heterocycles. The molecule has 122 valence electrons. The SMILES string of the molecule is CC(C)Cc1ccc(S(=O)(=O)Nc2ccc3c(c2)OCO3)cc1. The van der Waals surface area contributed by atoms with Gasteiger partial charge in [0, 0.05) is 6.07 Å². The zero-order valence-electron chi connectivity index (χ0n) is 13.1. The highest BCUT2D eigenvalue weighted by Gasteiger charge is 2.18. The Balaban J connectivity index is 1.78. The Kier molecular flexibility index (Phi) is 4.17. The maximum atomic E-state index is 12.5. The van der Waals surface area contributed by atoms with Gasteiger partial charge in [0.1, 0.15) is 0 Å². The van der Waals surface area contributed by atoms with E-state index in [0.29, 0.717) is 23.1 Å². The third-order valence-electron chi connectivity index (χ3n) is 3.50. The van der Waals surface area contributed by atoms with Crippen LogP contribution in [0.4, 0.5) is 5.69 Å². The first-order chi connectivity index (χ1) is 10.9. The van der Waals surface area contributed by atoms with Crippen LogP contribution >= 0.6 is 0 Å². The van der Waals surface area contributed by atoms with E-state index in [9.17, 15) is 8.42 Å². The lowest BCUT2D eigenvalue weighted by Crippen LogP contribution is -2.13. The Hall–Kier alpha value is -2.21. The number of benzene rings is 2. The van der Waals surface area contributed by atoms with Crippen LogP contribution in [0.1, 0.15) is 19.4 Å². The fraction of sp³-hybridized carbons (Fsp3) is 0.294. The van der Waals surface area contributed by atoms with Crippen molar-refractivity contribution in [3.05, 3.63) is 48.0 Å². The van der Waals surface area contributed by atoms with Gasteiger partial charge < -0.3 is 9.47 Å². The summed E-state index contributed by atoms with van der Waals surface area (Å²) in [5.41, 5.74) is 1.57. The number of anilines is 1. The van der Waals surface area contributed by atoms with Crippen LogP contribution in [-0.2, 0) is 16.4 Å². The van der Waals surface area contributed by atoms with Crippen molar-refractivity contribution in [3.63, 3.8) is 0 Å². The van der Waals surface area contributed by atoms with Crippen molar-refractivity contribution in [2.24, 2.45) is 5.92 Å². The lowest BCUT2D eigenvalue weighted by atomic mass is 10.0. The number of fused-ring (bicyclic) bond motifs is 1. The van der Waals surface area contributed by atoms with E-state index in [1.165, 1.54) is 0 Å². The van der Waals surface area contributed by atoms with Gasteiger partial charge in [-0.25, -0.2) is 8.42 Å². The van der Waals surface area contributed by atoms with Crippen molar-refractivity contribution in [1.82, 2.24) is 0 Å². The Morgan fingerprint density at radius 3 is 2.43 bits per heavy atom. The normalized spacial score (nSPS) is 13.3. The fourth-order valence-electron chi connectivity index (χ4n) is 2.45. The molecular weight excluding hydrogens is 314 g/mol. The van der Waals surface area contributed by atoms with Crippen molar-refractivity contribution >= 4 is 15.7 Å². The van der Waals surface area contributed by atoms with Gasteiger partial charge in [-0.1, -0.05) is 26.0 Å². The molecule has 1 aliphatic rings. The average molecular weight is 333 g/mol. The summed E-state index contributed by atoms with van der Waals surface area (Å²) in [6, 6.07) is 11.9. The number of hydrogen-bond donors (Lipinski definition) is 1. The smallest absolute Gasteiger partial charge is 0.261 e. The summed E-state index contributed by atoms with van der Waals surface area (Å²) in [4.78, 5) is 0.239. The van der Waals surface area contributed by atoms with Crippen LogP contribution in [0.15, 0.2) is 47.4 Å². The monoisotopic (exact) mass is 333 g/mol. The highest BCUT2D eigenvalue weighted by Crippen LogP contribution is 2.34. The van der Waals surface area contributed by atoms with Gasteiger partial charge in [-0.15, -0.1) is 0 Å². The zero-order valence-corrected chi connectivity index (χ0v) is 13.9. The minimum Gasteiger partial charge on any atom is -0.454 e. The summed E-state index contributed by atoms with van der Waals surface area (Å²) in [5, 5.41) is 0. The highest BCUT2D eigenvalue weighted by molar-refractivity contribution is 7.92. The Bertz CT molecular complexity index is 798. The van der Waals surface area contributed by atoms with E-state index in [4.69, 9.17) is 9.47 Å². The molecule has 2 aromatic carbocycles. The quantitative estimate of drug-likeness (QED) is 0.910. The molecule has 0 aliphatic carbocycles. The van der Waals surface area contributed by atoms with Gasteiger partial charge in [0.2, 0.25) is 6.79 Å². The summed E-state index contributed by atoms with van der Waals surface area (Å²) in [6.07, 6.45) is 0.927. The van der Waals surface area contributed by atoms with E-state index in [1.807, 2.05) is 12.1 Å². The molecule has 1 heterocycles. The summed E-state index contributed by atoms with van der Waals surface area (Å²) in [6.45, 7) is 4.42. The fourth-order valence-corrected chi connectivity index (χ4v) is 3.50. The minimum atomic E-state index is -3.62. The molecule has 3 rings (SSSR count). The molecule has 0 unspecified atom stereocenters. The van der Waals surface area contributed by atoms with Gasteiger partial charge in [0.15, 0.2) is 11.5 Å². The van der Waals surface area contributed by atoms with Crippen LogP contribution in [0.3, 0.4) is 0 Å². The van der Waals surface area contributed by atoms with Gasteiger partial charge >= 0.3 is 0 Å². The Morgan fingerprint density at radius 1 is 1.04 bits per heavy atom. The zero-order chi connectivity index (χ0) is 16.4. The topological polar surface area (TPSA) is 64.6 Å². The van der Waals surface area contributed by atoms with Crippen LogP contribution in [0.2, 0.25) is 0 Å². The number of hydrogen-bond acceptors (Lipinski definition) is 4. The van der Waals surface area contributed by atoms with Crippen molar-refractivity contribution < 1.29 is 17.9 Å². The minimum absolute atomic E-state index is 0.156. The van der Waals surface area contributed by atoms with Crippen molar-refractivity contribution in [3.8, 4) is 11.5 Å². The van der Waals surface area contributed by atoms with Crippen molar-refractivity contribution in [2.45, 2.75) is 25.2 Å². The van der Waals surface area contributed by atoms with E-state index in [0.717, 1.165) is 12.0 Å². The summed E-state index contributed by atoms with van der Waals surface area (Å²) < 4.78 is 37.9. The van der Waals surface area contributed by atoms with Gasteiger partial charge in [0.05, 0.1) is 10.6 Å². The van der Waals surface area contributed by atoms with Crippen LogP contribution in [0.5, 0.6) is 11.5 Å². The first kappa shape index (κ1) is 15.7. The molecule has 1 N–H and O–H groups in total. The molecule has 0 fully saturated rings. The Labute approximate surface area is 136 Å². The molecule has 0 spiro atoms. The molecule has 5 nitrogen and oxygen atoms in total. The molecular formula is C17H19NO4S. The molecule has 23 heavy (non-hydrogen) atoms. The molecule has 0 amide bonds. The predicted molar refractivity (Wildman–Crippen MR) is 88.4 cm³/mol. The maximum absolute atomic E-state index is 12.5. The molecule has 0 saturated carbocycles. The lowest BCUT2D eigenvalue weighted by Gasteiger charge is -2.10. The van der Waals surface area contributed by atoms with Gasteiger partial charge in [-0.2, -0.15) is 0 Å². The third-order valence-corrected chi connectivity index (χ3v) is 4.90. The first-order valence-corrected chi connectivity index (χ1v) is 8.94.